The van der Waals surface area contributed by atoms with Crippen molar-refractivity contribution in [1.82, 2.24) is 4.90 Å². The normalized spacial score (nSPS) is 17.8. The Morgan fingerprint density at radius 3 is 2.65 bits per heavy atom. The fourth-order valence-electron chi connectivity index (χ4n) is 4.54. The van der Waals surface area contributed by atoms with E-state index in [0.29, 0.717) is 25.6 Å². The van der Waals surface area contributed by atoms with Crippen molar-refractivity contribution in [2.45, 2.75) is 33.1 Å². The molecule has 1 heterocycles. The molecule has 1 aliphatic carbocycles. The van der Waals surface area contributed by atoms with Crippen LogP contribution in [0.1, 0.15) is 37.0 Å². The minimum absolute atomic E-state index is 0.205. The molecule has 1 saturated heterocycles. The van der Waals surface area contributed by atoms with E-state index in [2.05, 4.69) is 30.9 Å². The fourth-order valence-corrected chi connectivity index (χ4v) is 4.54. The van der Waals surface area contributed by atoms with Gasteiger partial charge in [0.15, 0.2) is 0 Å². The third-order valence-corrected chi connectivity index (χ3v) is 6.46. The molecule has 0 amide bonds. The number of rotatable bonds is 8. The predicted octanol–water partition coefficient (Wildman–Crippen LogP) is 4.82. The van der Waals surface area contributed by atoms with Crippen LogP contribution in [-0.4, -0.2) is 42.2 Å². The summed E-state index contributed by atoms with van der Waals surface area (Å²) in [6.07, 6.45) is 2.85. The number of fused-ring (bicyclic) bond motifs is 1. The van der Waals surface area contributed by atoms with Gasteiger partial charge in [-0.3, -0.25) is 9.69 Å². The molecule has 1 aliphatic heterocycles. The number of hydrogen-bond donors (Lipinski definition) is 1. The molecule has 0 bridgehead atoms. The minimum atomic E-state index is -0.685. The van der Waals surface area contributed by atoms with Crippen LogP contribution in [0.5, 0.6) is 5.75 Å². The quantitative estimate of drug-likeness (QED) is 0.661. The van der Waals surface area contributed by atoms with Crippen LogP contribution in [0.4, 0.5) is 4.39 Å². The number of carboxylic acid groups (broad SMARTS) is 1. The number of halogens is 1. The lowest BCUT2D eigenvalue weighted by atomic mass is 9.85. The number of benzene rings is 2. The summed E-state index contributed by atoms with van der Waals surface area (Å²) in [4.78, 5) is 13.2. The van der Waals surface area contributed by atoms with Crippen molar-refractivity contribution >= 4 is 11.5 Å². The third-order valence-electron chi connectivity index (χ3n) is 6.46. The summed E-state index contributed by atoms with van der Waals surface area (Å²) in [7, 11) is 0. The molecule has 1 fully saturated rings. The Kier molecular flexibility index (Phi) is 6.42. The zero-order valence-electron chi connectivity index (χ0n) is 18.2. The minimum Gasteiger partial charge on any atom is -0.493 e. The van der Waals surface area contributed by atoms with Crippen molar-refractivity contribution in [1.29, 1.82) is 0 Å². The van der Waals surface area contributed by atoms with E-state index in [1.807, 2.05) is 18.2 Å². The van der Waals surface area contributed by atoms with Crippen LogP contribution >= 0.6 is 0 Å². The lowest BCUT2D eigenvalue weighted by Crippen LogP contribution is -2.50. The average molecular weight is 424 g/mol. The number of ether oxygens (including phenoxy) is 1. The molecule has 0 unspecified atom stereocenters. The first-order valence-corrected chi connectivity index (χ1v) is 11.0. The van der Waals surface area contributed by atoms with Crippen molar-refractivity contribution in [3.05, 3.63) is 70.5 Å². The molecule has 0 radical (unpaired) electrons. The molecular weight excluding hydrogens is 393 g/mol. The lowest BCUT2D eigenvalue weighted by Gasteiger charge is -2.38. The molecule has 1 N–H and O–H groups in total. The SMILES string of the molecule is CC1=C(CN2CC(C(=O)O)C2)CCc2cc(OC[C@@H](C)Cc3ccc(F)cc3)ccc21. The molecule has 0 saturated carbocycles. The van der Waals surface area contributed by atoms with Crippen molar-refractivity contribution in [2.75, 3.05) is 26.2 Å². The molecule has 164 valence electrons. The van der Waals surface area contributed by atoms with Crippen LogP contribution in [0.25, 0.3) is 5.57 Å². The standard InChI is InChI=1S/C26H30FNO3/c1-17(11-19-3-7-23(27)8-4-19)16-31-24-9-10-25-18(2)21(6-5-20(25)12-24)13-28-14-22(15-28)26(29)30/h3-4,7-10,12,17,22H,5-6,11,13-16H2,1-2H3,(H,29,30)/t17-/m0/s1. The summed E-state index contributed by atoms with van der Waals surface area (Å²) in [5, 5.41) is 9.06. The van der Waals surface area contributed by atoms with Gasteiger partial charge in [0.2, 0.25) is 0 Å². The summed E-state index contributed by atoms with van der Waals surface area (Å²) < 4.78 is 19.1. The Morgan fingerprint density at radius 2 is 1.94 bits per heavy atom. The summed E-state index contributed by atoms with van der Waals surface area (Å²) >= 11 is 0. The first-order chi connectivity index (χ1) is 14.9. The zero-order chi connectivity index (χ0) is 22.0. The van der Waals surface area contributed by atoms with Crippen LogP contribution in [-0.2, 0) is 17.6 Å². The molecule has 1 atom stereocenters. The Labute approximate surface area is 183 Å². The zero-order valence-corrected chi connectivity index (χ0v) is 18.2. The van der Waals surface area contributed by atoms with Gasteiger partial charge in [0.25, 0.3) is 0 Å². The molecule has 2 aromatic rings. The number of nitrogens with zero attached hydrogens (tertiary/aromatic N) is 1. The van der Waals surface area contributed by atoms with Crippen molar-refractivity contribution < 1.29 is 19.0 Å². The van der Waals surface area contributed by atoms with Crippen LogP contribution in [0.15, 0.2) is 48.0 Å². The second-order valence-corrected chi connectivity index (χ2v) is 9.02. The summed E-state index contributed by atoms with van der Waals surface area (Å²) in [6, 6.07) is 13.0. The first kappa shape index (κ1) is 21.6. The van der Waals surface area contributed by atoms with Gasteiger partial charge in [0.05, 0.1) is 12.5 Å². The number of carboxylic acids is 1. The van der Waals surface area contributed by atoms with Crippen LogP contribution in [0.2, 0.25) is 0 Å². The molecular formula is C26H30FNO3. The van der Waals surface area contributed by atoms with Crippen LogP contribution in [0, 0.1) is 17.7 Å². The van der Waals surface area contributed by atoms with Gasteiger partial charge >= 0.3 is 5.97 Å². The van der Waals surface area contributed by atoms with Gasteiger partial charge in [-0.05, 0) is 78.6 Å². The van der Waals surface area contributed by atoms with E-state index in [1.54, 1.807) is 0 Å². The molecule has 2 aromatic carbocycles. The Balaban J connectivity index is 1.33. The van der Waals surface area contributed by atoms with Crippen LogP contribution in [0.3, 0.4) is 0 Å². The Bertz CT molecular complexity index is 977. The molecule has 2 aliphatic rings. The average Bonchev–Trinajstić information content (AvgIpc) is 2.71. The molecule has 5 heteroatoms. The monoisotopic (exact) mass is 423 g/mol. The number of carbonyl (C=O) groups is 1. The van der Waals surface area contributed by atoms with Gasteiger partial charge in [-0.25, -0.2) is 4.39 Å². The smallest absolute Gasteiger partial charge is 0.309 e. The van der Waals surface area contributed by atoms with Gasteiger partial charge in [-0.15, -0.1) is 0 Å². The molecule has 0 spiro atoms. The number of aliphatic carboxylic acids is 1. The van der Waals surface area contributed by atoms with E-state index in [-0.39, 0.29) is 11.7 Å². The van der Waals surface area contributed by atoms with Gasteiger partial charge in [-0.1, -0.05) is 30.7 Å². The van der Waals surface area contributed by atoms with Crippen molar-refractivity contribution in [3.63, 3.8) is 0 Å². The highest BCUT2D eigenvalue weighted by Crippen LogP contribution is 2.34. The van der Waals surface area contributed by atoms with Gasteiger partial charge in [-0.2, -0.15) is 0 Å². The predicted molar refractivity (Wildman–Crippen MR) is 120 cm³/mol. The Morgan fingerprint density at radius 1 is 1.19 bits per heavy atom. The summed E-state index contributed by atoms with van der Waals surface area (Å²) in [6.45, 7) is 7.12. The van der Waals surface area contributed by atoms with E-state index in [0.717, 1.165) is 37.1 Å². The third kappa shape index (κ3) is 5.16. The molecule has 31 heavy (non-hydrogen) atoms. The Hall–Kier alpha value is -2.66. The van der Waals surface area contributed by atoms with E-state index in [9.17, 15) is 9.18 Å². The van der Waals surface area contributed by atoms with Crippen molar-refractivity contribution in [3.8, 4) is 5.75 Å². The van der Waals surface area contributed by atoms with E-state index >= 15 is 0 Å². The molecule has 4 nitrogen and oxygen atoms in total. The number of likely N-dealkylation sites (tertiary alicyclic amines) is 1. The maximum absolute atomic E-state index is 13.1. The van der Waals surface area contributed by atoms with Crippen LogP contribution < -0.4 is 4.74 Å². The topological polar surface area (TPSA) is 49.8 Å². The molecule has 4 rings (SSSR count). The summed E-state index contributed by atoms with van der Waals surface area (Å²) in [5.41, 5.74) is 6.45. The highest BCUT2D eigenvalue weighted by molar-refractivity contribution is 5.73. The summed E-state index contributed by atoms with van der Waals surface area (Å²) in [5.74, 6) is 0.134. The number of aryl methyl sites for hydroxylation is 1. The van der Waals surface area contributed by atoms with E-state index in [1.165, 1.54) is 34.4 Å². The highest BCUT2D eigenvalue weighted by atomic mass is 19.1. The number of hydrogen-bond acceptors (Lipinski definition) is 3. The fraction of sp³-hybridized carbons (Fsp3) is 0.423. The maximum Gasteiger partial charge on any atom is 0.309 e. The van der Waals surface area contributed by atoms with Gasteiger partial charge < -0.3 is 9.84 Å². The second kappa shape index (κ2) is 9.23. The van der Waals surface area contributed by atoms with Crippen molar-refractivity contribution in [2.24, 2.45) is 11.8 Å². The van der Waals surface area contributed by atoms with Gasteiger partial charge in [0.1, 0.15) is 11.6 Å². The van der Waals surface area contributed by atoms with Gasteiger partial charge in [0, 0.05) is 19.6 Å². The molecule has 0 aromatic heterocycles. The van der Waals surface area contributed by atoms with E-state index < -0.39 is 5.97 Å². The highest BCUT2D eigenvalue weighted by Gasteiger charge is 2.33. The maximum atomic E-state index is 13.1. The largest absolute Gasteiger partial charge is 0.493 e. The second-order valence-electron chi connectivity index (χ2n) is 9.02. The number of allylic oxidation sites excluding steroid dienone is 1. The lowest BCUT2D eigenvalue weighted by molar-refractivity contribution is -0.147. The van der Waals surface area contributed by atoms with E-state index in [4.69, 9.17) is 9.84 Å². The first-order valence-electron chi connectivity index (χ1n) is 11.0.